The summed E-state index contributed by atoms with van der Waals surface area (Å²) < 4.78 is 5.40. The topological polar surface area (TPSA) is 9.23 Å². The highest BCUT2D eigenvalue weighted by Gasteiger charge is 2.01. The van der Waals surface area contributed by atoms with Gasteiger partial charge < -0.3 is 4.74 Å². The van der Waals surface area contributed by atoms with Crippen molar-refractivity contribution in [1.29, 1.82) is 0 Å². The van der Waals surface area contributed by atoms with Crippen molar-refractivity contribution in [2.75, 3.05) is 7.11 Å². The van der Waals surface area contributed by atoms with E-state index in [2.05, 4.69) is 19.1 Å². The van der Waals surface area contributed by atoms with Gasteiger partial charge in [0.05, 0.1) is 7.11 Å². The van der Waals surface area contributed by atoms with E-state index >= 15 is 0 Å². The lowest BCUT2D eigenvalue weighted by Crippen LogP contribution is -1.92. The van der Waals surface area contributed by atoms with Gasteiger partial charge in [-0.2, -0.15) is 0 Å². The van der Waals surface area contributed by atoms with E-state index in [0.717, 1.165) is 28.2 Å². The van der Waals surface area contributed by atoms with Crippen LogP contribution in [0.3, 0.4) is 0 Å². The molecule has 0 N–H and O–H groups in total. The fraction of sp³-hybridized carbons (Fsp3) is 0.167. The van der Waals surface area contributed by atoms with Gasteiger partial charge >= 0.3 is 0 Å². The maximum atomic E-state index is 5.41. The third-order valence-electron chi connectivity index (χ3n) is 3.18. The van der Waals surface area contributed by atoms with E-state index in [1.54, 1.807) is 7.11 Å². The molecule has 0 spiro atoms. The Morgan fingerprint density at radius 1 is 1.15 bits per heavy atom. The molecule has 0 amide bonds. The van der Waals surface area contributed by atoms with Crippen LogP contribution in [0.15, 0.2) is 54.6 Å². The molecule has 0 saturated heterocycles. The van der Waals surface area contributed by atoms with Crippen molar-refractivity contribution >= 4 is 23.2 Å². The Labute approximate surface area is 125 Å². The molecule has 0 saturated carbocycles. The number of rotatable bonds is 5. The van der Waals surface area contributed by atoms with Gasteiger partial charge in [-0.15, -0.1) is 0 Å². The van der Waals surface area contributed by atoms with Gasteiger partial charge in [0.15, 0.2) is 0 Å². The summed E-state index contributed by atoms with van der Waals surface area (Å²) in [5.41, 5.74) is 3.38. The fourth-order valence-corrected chi connectivity index (χ4v) is 2.23. The first-order valence-corrected chi connectivity index (χ1v) is 7.09. The van der Waals surface area contributed by atoms with Crippen LogP contribution in [-0.2, 0) is 6.42 Å². The molecule has 102 valence electrons. The number of thiocarbonyl (C=S) groups is 1. The van der Waals surface area contributed by atoms with Crippen molar-refractivity contribution in [2.24, 2.45) is 0 Å². The van der Waals surface area contributed by atoms with Gasteiger partial charge in [0.1, 0.15) is 5.75 Å². The third kappa shape index (κ3) is 3.55. The minimum Gasteiger partial charge on any atom is -0.496 e. The van der Waals surface area contributed by atoms with Gasteiger partial charge in [-0.05, 0) is 35.3 Å². The van der Waals surface area contributed by atoms with Crippen molar-refractivity contribution in [3.8, 4) is 5.75 Å². The Kier molecular flexibility index (Phi) is 5.08. The molecule has 0 atom stereocenters. The molecule has 0 fully saturated rings. The predicted octanol–water partition coefficient (Wildman–Crippen LogP) is 4.69. The highest BCUT2D eigenvalue weighted by Crippen LogP contribution is 2.21. The number of hydrogen-bond acceptors (Lipinski definition) is 2. The van der Waals surface area contributed by atoms with Crippen LogP contribution in [0.5, 0.6) is 5.75 Å². The highest BCUT2D eigenvalue weighted by atomic mass is 32.1. The minimum absolute atomic E-state index is 0.837. The van der Waals surface area contributed by atoms with E-state index in [0.29, 0.717) is 0 Å². The van der Waals surface area contributed by atoms with Crippen LogP contribution in [0.2, 0.25) is 0 Å². The van der Waals surface area contributed by atoms with Crippen molar-refractivity contribution in [2.45, 2.75) is 13.3 Å². The summed E-state index contributed by atoms with van der Waals surface area (Å²) >= 11 is 5.41. The lowest BCUT2D eigenvalue weighted by atomic mass is 10.1. The molecule has 0 aromatic heterocycles. The zero-order valence-electron chi connectivity index (χ0n) is 11.8. The molecule has 0 heterocycles. The molecule has 20 heavy (non-hydrogen) atoms. The zero-order valence-corrected chi connectivity index (χ0v) is 12.6. The van der Waals surface area contributed by atoms with Gasteiger partial charge in [0, 0.05) is 4.86 Å². The monoisotopic (exact) mass is 282 g/mol. The molecule has 2 aromatic rings. The van der Waals surface area contributed by atoms with Crippen molar-refractivity contribution in [1.82, 2.24) is 0 Å². The Morgan fingerprint density at radius 3 is 2.55 bits per heavy atom. The summed E-state index contributed by atoms with van der Waals surface area (Å²) in [4.78, 5) is 0.837. The summed E-state index contributed by atoms with van der Waals surface area (Å²) in [6.45, 7) is 2.12. The maximum Gasteiger partial charge on any atom is 0.122 e. The van der Waals surface area contributed by atoms with Crippen LogP contribution in [0, 0.1) is 0 Å². The quantitative estimate of drug-likeness (QED) is 0.447. The molecule has 2 heteroatoms. The van der Waals surface area contributed by atoms with E-state index in [1.165, 1.54) is 5.56 Å². The smallest absolute Gasteiger partial charge is 0.122 e. The van der Waals surface area contributed by atoms with Crippen molar-refractivity contribution in [3.63, 3.8) is 0 Å². The Bertz CT molecular complexity index is 615. The van der Waals surface area contributed by atoms with Crippen molar-refractivity contribution < 1.29 is 4.74 Å². The van der Waals surface area contributed by atoms with Gasteiger partial charge in [-0.25, -0.2) is 0 Å². The molecule has 2 rings (SSSR count). The highest BCUT2D eigenvalue weighted by molar-refractivity contribution is 7.81. The van der Waals surface area contributed by atoms with Crippen LogP contribution >= 0.6 is 12.2 Å². The zero-order chi connectivity index (χ0) is 14.4. The maximum absolute atomic E-state index is 5.41. The molecule has 0 bridgehead atoms. The largest absolute Gasteiger partial charge is 0.496 e. The third-order valence-corrected chi connectivity index (χ3v) is 3.55. The first-order chi connectivity index (χ1) is 9.74. The summed E-state index contributed by atoms with van der Waals surface area (Å²) in [5, 5.41) is 0. The van der Waals surface area contributed by atoms with E-state index in [1.807, 2.05) is 48.6 Å². The lowest BCUT2D eigenvalue weighted by molar-refractivity contribution is 0.410. The second-order valence-corrected chi connectivity index (χ2v) is 4.93. The minimum atomic E-state index is 0.837. The number of allylic oxidation sites excluding steroid dienone is 1. The molecular formula is C18H18OS. The average Bonchev–Trinajstić information content (AvgIpc) is 2.53. The summed E-state index contributed by atoms with van der Waals surface area (Å²) in [7, 11) is 1.70. The normalized spacial score (nSPS) is 10.7. The van der Waals surface area contributed by atoms with Gasteiger partial charge in [-0.1, -0.05) is 67.7 Å². The summed E-state index contributed by atoms with van der Waals surface area (Å²) in [6, 6.07) is 16.3. The second-order valence-electron chi connectivity index (χ2n) is 4.49. The first-order valence-electron chi connectivity index (χ1n) is 6.69. The van der Waals surface area contributed by atoms with Crippen molar-refractivity contribution in [3.05, 3.63) is 71.3 Å². The van der Waals surface area contributed by atoms with E-state index in [9.17, 15) is 0 Å². The van der Waals surface area contributed by atoms with Crippen LogP contribution in [0.1, 0.15) is 23.6 Å². The van der Waals surface area contributed by atoms with E-state index in [4.69, 9.17) is 17.0 Å². The Morgan fingerprint density at radius 2 is 1.90 bits per heavy atom. The predicted molar refractivity (Wildman–Crippen MR) is 89.5 cm³/mol. The van der Waals surface area contributed by atoms with Crippen LogP contribution in [-0.4, -0.2) is 12.0 Å². The van der Waals surface area contributed by atoms with E-state index < -0.39 is 0 Å². The number of ether oxygens (including phenoxy) is 1. The number of benzene rings is 2. The number of hydrogen-bond donors (Lipinski definition) is 0. The van der Waals surface area contributed by atoms with E-state index in [-0.39, 0.29) is 0 Å². The Balaban J connectivity index is 2.17. The van der Waals surface area contributed by atoms with Gasteiger partial charge in [-0.3, -0.25) is 0 Å². The standard InChI is InChI=1S/C18H18OS/c1-3-15-11-9-14(13-17(15)19-2)10-12-18(20)16-7-5-4-6-8-16/h4-13H,3H2,1-2H3. The SMILES string of the molecule is CCc1ccc(C=CC(=S)c2ccccc2)cc1OC. The lowest BCUT2D eigenvalue weighted by Gasteiger charge is -2.07. The second kappa shape index (κ2) is 7.01. The molecule has 0 unspecified atom stereocenters. The summed E-state index contributed by atoms with van der Waals surface area (Å²) in [5.74, 6) is 0.931. The molecule has 0 radical (unpaired) electrons. The first kappa shape index (κ1) is 14.5. The van der Waals surface area contributed by atoms with Gasteiger partial charge in [0.25, 0.3) is 0 Å². The molecule has 0 aliphatic heterocycles. The van der Waals surface area contributed by atoms with Gasteiger partial charge in [0.2, 0.25) is 0 Å². The number of aryl methyl sites for hydroxylation is 1. The number of methoxy groups -OCH3 is 1. The molecule has 2 aromatic carbocycles. The summed E-state index contributed by atoms with van der Waals surface area (Å²) in [6.07, 6.45) is 4.96. The fourth-order valence-electron chi connectivity index (χ4n) is 2.03. The molecule has 0 aliphatic carbocycles. The van der Waals surface area contributed by atoms with Crippen LogP contribution in [0.4, 0.5) is 0 Å². The Hall–Kier alpha value is -1.93. The molecule has 0 aliphatic rings. The van der Waals surface area contributed by atoms with Crippen LogP contribution in [0.25, 0.3) is 6.08 Å². The van der Waals surface area contributed by atoms with Crippen LogP contribution < -0.4 is 4.74 Å². The molecule has 1 nitrogen and oxygen atoms in total. The molecular weight excluding hydrogens is 264 g/mol. The average molecular weight is 282 g/mol.